The highest BCUT2D eigenvalue weighted by atomic mass is 16.5. The van der Waals surface area contributed by atoms with E-state index in [0.717, 1.165) is 23.4 Å². The molecule has 0 saturated heterocycles. The van der Waals surface area contributed by atoms with Gasteiger partial charge in [-0.15, -0.1) is 0 Å². The van der Waals surface area contributed by atoms with Gasteiger partial charge < -0.3 is 19.8 Å². The first-order valence-corrected chi connectivity index (χ1v) is 13.4. The fraction of sp³-hybridized carbons (Fsp3) is 0.200. The van der Waals surface area contributed by atoms with Crippen molar-refractivity contribution >= 4 is 29.5 Å². The monoisotopic (exact) mass is 564 g/mol. The van der Waals surface area contributed by atoms with Gasteiger partial charge in [0.25, 0.3) is 0 Å². The van der Waals surface area contributed by atoms with Crippen molar-refractivity contribution < 1.29 is 9.32 Å². The number of carbonyl (C=O) groups excluding carboxylic acids is 1. The number of amides is 1. The molecule has 1 amide bonds. The van der Waals surface area contributed by atoms with E-state index in [1.165, 1.54) is 6.33 Å². The predicted molar refractivity (Wildman–Crippen MR) is 162 cm³/mol. The van der Waals surface area contributed by atoms with Crippen LogP contribution in [-0.4, -0.2) is 58.8 Å². The summed E-state index contributed by atoms with van der Waals surface area (Å²) >= 11 is 0. The normalized spacial score (nSPS) is 10.3. The molecule has 0 aliphatic heterocycles. The van der Waals surface area contributed by atoms with Crippen LogP contribution in [0.1, 0.15) is 32.2 Å². The average molecular weight is 565 g/mol. The first kappa shape index (κ1) is 29.5. The number of aromatic amines is 1. The fourth-order valence-electron chi connectivity index (χ4n) is 3.81. The average Bonchev–Trinajstić information content (AvgIpc) is 3.79. The number of aryl methyl sites for hydroxylation is 1. The van der Waals surface area contributed by atoms with Crippen molar-refractivity contribution in [3.8, 4) is 28.5 Å². The minimum Gasteiger partial charge on any atom is -0.360 e. The van der Waals surface area contributed by atoms with E-state index in [9.17, 15) is 4.79 Å². The van der Waals surface area contributed by atoms with Crippen LogP contribution < -0.4 is 5.32 Å². The summed E-state index contributed by atoms with van der Waals surface area (Å²) in [6.07, 6.45) is 8.51. The van der Waals surface area contributed by atoms with Crippen molar-refractivity contribution in [2.45, 2.75) is 34.1 Å². The summed E-state index contributed by atoms with van der Waals surface area (Å²) in [5.74, 6) is 1.57. The highest BCUT2D eigenvalue weighted by Crippen LogP contribution is 2.24. The molecule has 12 nitrogen and oxygen atoms in total. The molecule has 0 unspecified atom stereocenters. The number of aliphatic imine (C=N–C) groups is 1. The molecular formula is C30H32N10O2. The molecule has 5 aromatic heterocycles. The summed E-state index contributed by atoms with van der Waals surface area (Å²) in [6, 6.07) is 12.8. The van der Waals surface area contributed by atoms with Crippen LogP contribution in [0.5, 0.6) is 0 Å². The van der Waals surface area contributed by atoms with Crippen molar-refractivity contribution in [2.75, 3.05) is 11.9 Å². The lowest BCUT2D eigenvalue weighted by Gasteiger charge is -2.04. The number of aromatic nitrogens is 8. The number of nitrogens with one attached hydrogen (secondary N) is 2. The Morgan fingerprint density at radius 3 is 2.57 bits per heavy atom. The maximum absolute atomic E-state index is 12.5. The van der Waals surface area contributed by atoms with E-state index in [2.05, 4.69) is 52.1 Å². The number of pyridine rings is 1. The zero-order valence-corrected chi connectivity index (χ0v) is 23.9. The SMILES string of the molecule is C=NCC.CC.Cc1cn(-c2ncnc3nc(-c4ccc(NC(=O)Cc5cc(-c6cccnc6)no5)cc4)[nH]c23)cn1. The van der Waals surface area contributed by atoms with Gasteiger partial charge in [0.1, 0.15) is 35.4 Å². The van der Waals surface area contributed by atoms with Crippen LogP contribution in [0.25, 0.3) is 39.6 Å². The third-order valence-electron chi connectivity index (χ3n) is 5.74. The highest BCUT2D eigenvalue weighted by Gasteiger charge is 2.14. The van der Waals surface area contributed by atoms with Gasteiger partial charge in [-0.05, 0) is 57.0 Å². The topological polar surface area (TPSA) is 153 Å². The molecule has 0 radical (unpaired) electrons. The van der Waals surface area contributed by atoms with Crippen molar-refractivity contribution in [3.05, 3.63) is 85.2 Å². The lowest BCUT2D eigenvalue weighted by Crippen LogP contribution is -2.13. The molecule has 0 bridgehead atoms. The van der Waals surface area contributed by atoms with Gasteiger partial charge in [-0.1, -0.05) is 19.0 Å². The van der Waals surface area contributed by atoms with Gasteiger partial charge in [0, 0.05) is 48.0 Å². The van der Waals surface area contributed by atoms with Crippen LogP contribution >= 0.6 is 0 Å². The van der Waals surface area contributed by atoms with Crippen molar-refractivity contribution in [2.24, 2.45) is 4.99 Å². The number of hydrogen-bond donors (Lipinski definition) is 2. The zero-order valence-electron chi connectivity index (χ0n) is 23.9. The summed E-state index contributed by atoms with van der Waals surface area (Å²) in [7, 11) is 0. The number of H-pyrrole nitrogens is 1. The maximum atomic E-state index is 12.5. The molecule has 0 saturated carbocycles. The summed E-state index contributed by atoms with van der Waals surface area (Å²) in [6.45, 7) is 11.9. The second kappa shape index (κ2) is 14.2. The predicted octanol–water partition coefficient (Wildman–Crippen LogP) is 5.48. The van der Waals surface area contributed by atoms with Gasteiger partial charge in [0.2, 0.25) is 5.91 Å². The number of anilines is 1. The first-order chi connectivity index (χ1) is 20.5. The molecule has 5 heterocycles. The van der Waals surface area contributed by atoms with E-state index >= 15 is 0 Å². The second-order valence-electron chi connectivity index (χ2n) is 8.67. The van der Waals surface area contributed by atoms with E-state index < -0.39 is 0 Å². The quantitative estimate of drug-likeness (QED) is 0.242. The summed E-state index contributed by atoms with van der Waals surface area (Å²) < 4.78 is 7.14. The summed E-state index contributed by atoms with van der Waals surface area (Å²) in [4.78, 5) is 40.9. The molecule has 6 rings (SSSR count). The number of carbonyl (C=O) groups is 1. The van der Waals surface area contributed by atoms with Crippen LogP contribution in [0, 0.1) is 6.92 Å². The number of fused-ring (bicyclic) bond motifs is 1. The van der Waals surface area contributed by atoms with Gasteiger partial charge >= 0.3 is 0 Å². The Labute approximate surface area is 243 Å². The number of benzene rings is 1. The molecular weight excluding hydrogens is 532 g/mol. The van der Waals surface area contributed by atoms with Crippen LogP contribution in [0.15, 0.2) is 83.2 Å². The third-order valence-corrected chi connectivity index (χ3v) is 5.74. The van der Waals surface area contributed by atoms with Crippen LogP contribution in [0.4, 0.5) is 5.69 Å². The highest BCUT2D eigenvalue weighted by molar-refractivity contribution is 5.92. The van der Waals surface area contributed by atoms with Crippen molar-refractivity contribution in [1.29, 1.82) is 0 Å². The van der Waals surface area contributed by atoms with Crippen LogP contribution in [0.2, 0.25) is 0 Å². The lowest BCUT2D eigenvalue weighted by atomic mass is 10.2. The van der Waals surface area contributed by atoms with Crippen LogP contribution in [-0.2, 0) is 11.2 Å². The van der Waals surface area contributed by atoms with E-state index in [4.69, 9.17) is 4.52 Å². The van der Waals surface area contributed by atoms with Gasteiger partial charge in [-0.2, -0.15) is 0 Å². The smallest absolute Gasteiger partial charge is 0.232 e. The van der Waals surface area contributed by atoms with E-state index in [1.807, 2.05) is 74.9 Å². The Morgan fingerprint density at radius 2 is 1.90 bits per heavy atom. The van der Waals surface area contributed by atoms with Gasteiger partial charge in [0.15, 0.2) is 11.5 Å². The summed E-state index contributed by atoms with van der Waals surface area (Å²) in [5.41, 5.74) is 5.11. The van der Waals surface area contributed by atoms with E-state index in [-0.39, 0.29) is 12.3 Å². The van der Waals surface area contributed by atoms with E-state index in [1.54, 1.807) is 24.8 Å². The Hall–Kier alpha value is -5.52. The molecule has 0 fully saturated rings. The molecule has 0 aliphatic rings. The minimum atomic E-state index is -0.212. The third kappa shape index (κ3) is 7.16. The molecule has 0 atom stereocenters. The molecule has 42 heavy (non-hydrogen) atoms. The molecule has 0 spiro atoms. The second-order valence-corrected chi connectivity index (χ2v) is 8.67. The van der Waals surface area contributed by atoms with Crippen molar-refractivity contribution in [1.82, 2.24) is 39.6 Å². The van der Waals surface area contributed by atoms with Gasteiger partial charge in [-0.25, -0.2) is 19.9 Å². The molecule has 2 N–H and O–H groups in total. The summed E-state index contributed by atoms with van der Waals surface area (Å²) in [5, 5.41) is 6.89. The Morgan fingerprint density at radius 1 is 1.12 bits per heavy atom. The number of imidazole rings is 2. The largest absolute Gasteiger partial charge is 0.360 e. The van der Waals surface area contributed by atoms with Gasteiger partial charge in [-0.3, -0.25) is 14.3 Å². The molecule has 214 valence electrons. The maximum Gasteiger partial charge on any atom is 0.232 e. The Kier molecular flexibility index (Phi) is 9.97. The van der Waals surface area contributed by atoms with E-state index in [0.29, 0.717) is 39.9 Å². The Balaban J connectivity index is 0.000000624. The molecule has 6 aromatic rings. The zero-order chi connectivity index (χ0) is 29.9. The molecule has 0 aliphatic carbocycles. The van der Waals surface area contributed by atoms with Crippen LogP contribution in [0.3, 0.4) is 0 Å². The number of hydrogen-bond acceptors (Lipinski definition) is 9. The number of rotatable bonds is 7. The van der Waals surface area contributed by atoms with Crippen molar-refractivity contribution in [3.63, 3.8) is 0 Å². The minimum absolute atomic E-state index is 0.0633. The number of nitrogens with zero attached hydrogens (tertiary/aromatic N) is 8. The fourth-order valence-corrected chi connectivity index (χ4v) is 3.81. The first-order valence-electron chi connectivity index (χ1n) is 13.4. The van der Waals surface area contributed by atoms with Gasteiger partial charge in [0.05, 0.1) is 12.1 Å². The standard InChI is InChI=1S/C25H19N9O2.C3H7N.C2H6/c1-15-12-34(14-29-15)25-22-24(27-13-28-25)32-23(31-22)16-4-6-18(7-5-16)30-21(35)10-19-9-20(33-36-19)17-3-2-8-26-11-17;1-3-4-2;1-2/h2-9,11-14H,10H2,1H3,(H,30,35)(H,27,28,31,32);2-3H2,1H3;1-2H3. The Bertz CT molecular complexity index is 1740. The lowest BCUT2D eigenvalue weighted by molar-refractivity contribution is -0.115. The molecule has 1 aromatic carbocycles. The molecule has 12 heteroatoms.